The number of nitrogens with zero attached hydrogens (tertiary/aromatic N) is 2. The van der Waals surface area contributed by atoms with Gasteiger partial charge in [-0.2, -0.15) is 0 Å². The summed E-state index contributed by atoms with van der Waals surface area (Å²) in [6, 6.07) is 8.45. The zero-order valence-electron chi connectivity index (χ0n) is 10.6. The molecule has 0 aliphatic heterocycles. The highest BCUT2D eigenvalue weighted by atomic mass is 16.5. The first kappa shape index (κ1) is 12.4. The van der Waals surface area contributed by atoms with Crippen LogP contribution in [0.3, 0.4) is 0 Å². The Morgan fingerprint density at radius 2 is 1.83 bits per heavy atom. The molecule has 1 heterocycles. The predicted octanol–water partition coefficient (Wildman–Crippen LogP) is 2.53. The van der Waals surface area contributed by atoms with Crippen LogP contribution < -0.4 is 10.1 Å². The maximum absolute atomic E-state index is 5.14. The van der Waals surface area contributed by atoms with Gasteiger partial charge in [0.15, 0.2) is 0 Å². The quantitative estimate of drug-likeness (QED) is 0.876. The molecule has 0 aliphatic carbocycles. The first-order valence-electron chi connectivity index (χ1n) is 5.92. The number of hydrogen-bond donors (Lipinski definition) is 1. The Morgan fingerprint density at radius 3 is 2.44 bits per heavy atom. The van der Waals surface area contributed by atoms with Gasteiger partial charge < -0.3 is 10.1 Å². The third-order valence-corrected chi connectivity index (χ3v) is 2.67. The first-order chi connectivity index (χ1) is 8.78. The van der Waals surface area contributed by atoms with Gasteiger partial charge in [0.25, 0.3) is 0 Å². The second kappa shape index (κ2) is 6.00. The lowest BCUT2D eigenvalue weighted by Crippen LogP contribution is -2.18. The van der Waals surface area contributed by atoms with Gasteiger partial charge in [0.2, 0.25) is 0 Å². The van der Waals surface area contributed by atoms with Gasteiger partial charge in [-0.15, -0.1) is 0 Å². The summed E-state index contributed by atoms with van der Waals surface area (Å²) in [6.07, 6.45) is 6.02. The van der Waals surface area contributed by atoms with E-state index in [-0.39, 0.29) is 0 Å². The van der Waals surface area contributed by atoms with Crippen LogP contribution in [0.5, 0.6) is 5.75 Å². The molecule has 4 heteroatoms. The molecule has 1 aromatic heterocycles. The molecule has 0 aliphatic rings. The van der Waals surface area contributed by atoms with Crippen molar-refractivity contribution in [2.75, 3.05) is 12.4 Å². The largest absolute Gasteiger partial charge is 0.497 e. The lowest BCUT2D eigenvalue weighted by atomic mass is 10.1. The number of nitrogens with one attached hydrogen (secondary N) is 1. The van der Waals surface area contributed by atoms with Gasteiger partial charge in [0.1, 0.15) is 12.1 Å². The average molecular weight is 243 g/mol. The van der Waals surface area contributed by atoms with Crippen molar-refractivity contribution >= 4 is 5.69 Å². The van der Waals surface area contributed by atoms with E-state index < -0.39 is 0 Å². The second-order valence-corrected chi connectivity index (χ2v) is 4.22. The maximum Gasteiger partial charge on any atom is 0.118 e. The summed E-state index contributed by atoms with van der Waals surface area (Å²) in [5.74, 6) is 0.885. The van der Waals surface area contributed by atoms with Gasteiger partial charge in [-0.3, -0.25) is 0 Å². The van der Waals surface area contributed by atoms with Crippen LogP contribution in [0.4, 0.5) is 5.69 Å². The van der Waals surface area contributed by atoms with E-state index in [0.717, 1.165) is 17.9 Å². The summed E-state index contributed by atoms with van der Waals surface area (Å²) < 4.78 is 5.14. The monoisotopic (exact) mass is 243 g/mol. The molecule has 0 radical (unpaired) electrons. The minimum atomic E-state index is 0.324. The average Bonchev–Trinajstić information content (AvgIpc) is 2.40. The van der Waals surface area contributed by atoms with Gasteiger partial charge in [-0.25, -0.2) is 9.97 Å². The smallest absolute Gasteiger partial charge is 0.118 e. The number of anilines is 1. The zero-order chi connectivity index (χ0) is 12.8. The molecule has 1 aromatic carbocycles. The van der Waals surface area contributed by atoms with Crippen molar-refractivity contribution in [3.05, 3.63) is 48.5 Å². The van der Waals surface area contributed by atoms with Crippen molar-refractivity contribution in [2.24, 2.45) is 0 Å². The fourth-order valence-corrected chi connectivity index (χ4v) is 1.82. The molecular weight excluding hydrogens is 226 g/mol. The first-order valence-corrected chi connectivity index (χ1v) is 5.92. The molecule has 4 nitrogen and oxygen atoms in total. The van der Waals surface area contributed by atoms with E-state index in [2.05, 4.69) is 34.3 Å². The fraction of sp³-hybridized carbons (Fsp3) is 0.286. The van der Waals surface area contributed by atoms with E-state index in [1.807, 2.05) is 12.1 Å². The Balaban J connectivity index is 1.92. The molecule has 0 saturated carbocycles. The van der Waals surface area contributed by atoms with Crippen LogP contribution in [0.15, 0.2) is 43.0 Å². The van der Waals surface area contributed by atoms with E-state index in [9.17, 15) is 0 Å². The Kier molecular flexibility index (Phi) is 4.12. The normalized spacial score (nSPS) is 11.9. The van der Waals surface area contributed by atoms with Crippen molar-refractivity contribution in [1.82, 2.24) is 9.97 Å². The Bertz CT molecular complexity index is 470. The highest BCUT2D eigenvalue weighted by molar-refractivity contribution is 5.39. The molecule has 0 spiro atoms. The van der Waals surface area contributed by atoms with Crippen molar-refractivity contribution in [1.29, 1.82) is 0 Å². The molecule has 0 fully saturated rings. The van der Waals surface area contributed by atoms with Crippen LogP contribution in [-0.2, 0) is 6.42 Å². The topological polar surface area (TPSA) is 47.0 Å². The molecule has 2 rings (SSSR count). The Hall–Kier alpha value is -2.10. The minimum absolute atomic E-state index is 0.324. The van der Waals surface area contributed by atoms with Crippen LogP contribution in [-0.4, -0.2) is 23.1 Å². The van der Waals surface area contributed by atoms with E-state index in [4.69, 9.17) is 4.74 Å². The van der Waals surface area contributed by atoms with Gasteiger partial charge >= 0.3 is 0 Å². The van der Waals surface area contributed by atoms with Crippen molar-refractivity contribution < 1.29 is 4.74 Å². The van der Waals surface area contributed by atoms with Gasteiger partial charge in [0.05, 0.1) is 25.2 Å². The highest BCUT2D eigenvalue weighted by Gasteiger charge is 2.04. The number of benzene rings is 1. The van der Waals surface area contributed by atoms with Crippen LogP contribution >= 0.6 is 0 Å². The number of methoxy groups -OCH3 is 1. The summed E-state index contributed by atoms with van der Waals surface area (Å²) >= 11 is 0. The molecule has 94 valence electrons. The predicted molar refractivity (Wildman–Crippen MR) is 71.8 cm³/mol. The Labute approximate surface area is 107 Å². The molecular formula is C14H17N3O. The lowest BCUT2D eigenvalue weighted by molar-refractivity contribution is 0.414. The van der Waals surface area contributed by atoms with E-state index in [1.165, 1.54) is 11.9 Å². The van der Waals surface area contributed by atoms with Crippen LogP contribution in [0.1, 0.15) is 12.5 Å². The van der Waals surface area contributed by atoms with Crippen LogP contribution in [0.2, 0.25) is 0 Å². The summed E-state index contributed by atoms with van der Waals surface area (Å²) in [5, 5.41) is 3.36. The second-order valence-electron chi connectivity index (χ2n) is 4.22. The summed E-state index contributed by atoms with van der Waals surface area (Å²) in [4.78, 5) is 7.95. The van der Waals surface area contributed by atoms with E-state index >= 15 is 0 Å². The molecule has 1 unspecified atom stereocenters. The number of ether oxygens (including phenoxy) is 1. The number of hydrogen-bond acceptors (Lipinski definition) is 4. The molecule has 0 saturated heterocycles. The van der Waals surface area contributed by atoms with Crippen molar-refractivity contribution in [3.63, 3.8) is 0 Å². The third-order valence-electron chi connectivity index (χ3n) is 2.67. The molecule has 1 N–H and O–H groups in total. The summed E-state index contributed by atoms with van der Waals surface area (Å²) in [5.41, 5.74) is 2.21. The highest BCUT2D eigenvalue weighted by Crippen LogP contribution is 2.14. The third kappa shape index (κ3) is 3.45. The molecule has 1 atom stereocenters. The van der Waals surface area contributed by atoms with Gasteiger partial charge in [0, 0.05) is 6.04 Å². The standard InChI is InChI=1S/C14H17N3O/c1-11(17-13-8-15-10-16-9-13)7-12-3-5-14(18-2)6-4-12/h3-6,8-11,17H,7H2,1-2H3. The number of aromatic nitrogens is 2. The minimum Gasteiger partial charge on any atom is -0.497 e. The molecule has 0 amide bonds. The van der Waals surface area contributed by atoms with Crippen LogP contribution in [0.25, 0.3) is 0 Å². The summed E-state index contributed by atoms with van der Waals surface area (Å²) in [6.45, 7) is 2.14. The van der Waals surface area contributed by atoms with Crippen molar-refractivity contribution in [2.45, 2.75) is 19.4 Å². The molecule has 2 aromatic rings. The van der Waals surface area contributed by atoms with E-state index in [0.29, 0.717) is 6.04 Å². The maximum atomic E-state index is 5.14. The fourth-order valence-electron chi connectivity index (χ4n) is 1.82. The van der Waals surface area contributed by atoms with Crippen molar-refractivity contribution in [3.8, 4) is 5.75 Å². The van der Waals surface area contributed by atoms with Gasteiger partial charge in [-0.05, 0) is 31.0 Å². The Morgan fingerprint density at radius 1 is 1.17 bits per heavy atom. The van der Waals surface area contributed by atoms with E-state index in [1.54, 1.807) is 19.5 Å². The zero-order valence-corrected chi connectivity index (χ0v) is 10.6. The lowest BCUT2D eigenvalue weighted by Gasteiger charge is -2.14. The summed E-state index contributed by atoms with van der Waals surface area (Å²) in [7, 11) is 1.68. The molecule has 0 bridgehead atoms. The SMILES string of the molecule is COc1ccc(CC(C)Nc2cncnc2)cc1. The molecule has 18 heavy (non-hydrogen) atoms. The van der Waals surface area contributed by atoms with Gasteiger partial charge in [-0.1, -0.05) is 12.1 Å². The number of rotatable bonds is 5. The van der Waals surface area contributed by atoms with Crippen LogP contribution in [0, 0.1) is 0 Å².